The van der Waals surface area contributed by atoms with E-state index in [9.17, 15) is 5.11 Å². The number of nitrogens with one attached hydrogen (secondary N) is 2. The SMILES string of the molecule is C[C@@H](NC[C@H](O)COc1cccc2[nH]ccc12)c1ccccc1. The van der Waals surface area contributed by atoms with Crippen molar-refractivity contribution >= 4 is 10.9 Å². The number of aliphatic hydroxyl groups is 1. The average Bonchev–Trinajstić information content (AvgIpc) is 3.07. The second-order valence-electron chi connectivity index (χ2n) is 5.70. The van der Waals surface area contributed by atoms with Crippen molar-refractivity contribution in [1.29, 1.82) is 0 Å². The molecule has 0 fully saturated rings. The lowest BCUT2D eigenvalue weighted by Crippen LogP contribution is -2.33. The first-order valence-corrected chi connectivity index (χ1v) is 7.89. The molecule has 0 radical (unpaired) electrons. The molecule has 0 bridgehead atoms. The number of hydrogen-bond donors (Lipinski definition) is 3. The molecule has 0 aliphatic heterocycles. The molecule has 3 N–H and O–H groups in total. The summed E-state index contributed by atoms with van der Waals surface area (Å²) in [5.74, 6) is 0.791. The lowest BCUT2D eigenvalue weighted by atomic mass is 10.1. The number of fused-ring (bicyclic) bond motifs is 1. The van der Waals surface area contributed by atoms with Crippen molar-refractivity contribution < 1.29 is 9.84 Å². The number of hydrogen-bond acceptors (Lipinski definition) is 3. The number of ether oxygens (including phenoxy) is 1. The lowest BCUT2D eigenvalue weighted by molar-refractivity contribution is 0.105. The molecular weight excluding hydrogens is 288 g/mol. The molecule has 1 aromatic heterocycles. The van der Waals surface area contributed by atoms with Gasteiger partial charge in [0.2, 0.25) is 0 Å². The molecule has 120 valence electrons. The third-order valence-corrected chi connectivity index (χ3v) is 3.95. The van der Waals surface area contributed by atoms with Crippen molar-refractivity contribution in [2.45, 2.75) is 19.1 Å². The van der Waals surface area contributed by atoms with E-state index in [4.69, 9.17) is 4.74 Å². The van der Waals surface area contributed by atoms with Gasteiger partial charge in [-0.15, -0.1) is 0 Å². The number of aromatic amines is 1. The summed E-state index contributed by atoms with van der Waals surface area (Å²) in [6.45, 7) is 2.83. The van der Waals surface area contributed by atoms with Crippen LogP contribution in [0.4, 0.5) is 0 Å². The minimum absolute atomic E-state index is 0.193. The van der Waals surface area contributed by atoms with Crippen molar-refractivity contribution in [3.8, 4) is 5.75 Å². The molecule has 2 aromatic carbocycles. The Bertz CT molecular complexity index is 739. The molecule has 4 nitrogen and oxygen atoms in total. The largest absolute Gasteiger partial charge is 0.490 e. The summed E-state index contributed by atoms with van der Waals surface area (Å²) in [6.07, 6.45) is 1.33. The third kappa shape index (κ3) is 3.92. The fourth-order valence-corrected chi connectivity index (χ4v) is 2.60. The van der Waals surface area contributed by atoms with Crippen molar-refractivity contribution in [1.82, 2.24) is 10.3 Å². The maximum Gasteiger partial charge on any atom is 0.128 e. The van der Waals surface area contributed by atoms with E-state index in [2.05, 4.69) is 29.4 Å². The van der Waals surface area contributed by atoms with E-state index >= 15 is 0 Å². The lowest BCUT2D eigenvalue weighted by Gasteiger charge is -2.18. The predicted molar refractivity (Wildman–Crippen MR) is 92.7 cm³/mol. The summed E-state index contributed by atoms with van der Waals surface area (Å²) in [5.41, 5.74) is 2.24. The van der Waals surface area contributed by atoms with Crippen LogP contribution in [0.25, 0.3) is 10.9 Å². The smallest absolute Gasteiger partial charge is 0.128 e. The molecule has 0 spiro atoms. The normalized spacial score (nSPS) is 13.8. The molecule has 0 amide bonds. The van der Waals surface area contributed by atoms with Crippen LogP contribution < -0.4 is 10.1 Å². The van der Waals surface area contributed by atoms with E-state index in [1.807, 2.05) is 48.7 Å². The van der Waals surface area contributed by atoms with Gasteiger partial charge in [0.05, 0.1) is 0 Å². The predicted octanol–water partition coefficient (Wildman–Crippen LogP) is 3.26. The van der Waals surface area contributed by atoms with Gasteiger partial charge in [-0.05, 0) is 30.7 Å². The van der Waals surface area contributed by atoms with E-state index in [-0.39, 0.29) is 12.6 Å². The maximum atomic E-state index is 10.1. The summed E-state index contributed by atoms with van der Waals surface area (Å²) in [6, 6.07) is 18.2. The standard InChI is InChI=1S/C19H22N2O2/c1-14(15-6-3-2-4-7-15)21-12-16(22)13-23-19-9-5-8-18-17(19)10-11-20-18/h2-11,14,16,20-22H,12-13H2,1H3/t14-,16+/m1/s1. The van der Waals surface area contributed by atoms with Crippen LogP contribution in [0.3, 0.4) is 0 Å². The van der Waals surface area contributed by atoms with Gasteiger partial charge in [-0.25, -0.2) is 0 Å². The van der Waals surface area contributed by atoms with Gasteiger partial charge in [0.25, 0.3) is 0 Å². The molecule has 0 saturated carbocycles. The summed E-state index contributed by atoms with van der Waals surface area (Å²) >= 11 is 0. The highest BCUT2D eigenvalue weighted by molar-refractivity contribution is 5.85. The van der Waals surface area contributed by atoms with Crippen LogP contribution in [0.1, 0.15) is 18.5 Å². The Morgan fingerprint density at radius 3 is 2.74 bits per heavy atom. The molecule has 0 aliphatic carbocycles. The zero-order chi connectivity index (χ0) is 16.1. The zero-order valence-corrected chi connectivity index (χ0v) is 13.2. The molecule has 0 aliphatic rings. The first-order valence-electron chi connectivity index (χ1n) is 7.89. The molecule has 0 saturated heterocycles. The summed E-state index contributed by atoms with van der Waals surface area (Å²) in [7, 11) is 0. The van der Waals surface area contributed by atoms with E-state index in [0.29, 0.717) is 6.54 Å². The first-order chi connectivity index (χ1) is 11.2. The number of rotatable bonds is 7. The van der Waals surface area contributed by atoms with E-state index in [1.54, 1.807) is 0 Å². The maximum absolute atomic E-state index is 10.1. The van der Waals surface area contributed by atoms with E-state index in [0.717, 1.165) is 16.7 Å². The van der Waals surface area contributed by atoms with Crippen LogP contribution in [-0.2, 0) is 0 Å². The van der Waals surface area contributed by atoms with E-state index in [1.165, 1.54) is 5.56 Å². The molecule has 3 aromatic rings. The van der Waals surface area contributed by atoms with Crippen LogP contribution in [-0.4, -0.2) is 29.3 Å². The molecule has 23 heavy (non-hydrogen) atoms. The second kappa shape index (κ2) is 7.31. The summed E-state index contributed by atoms with van der Waals surface area (Å²) in [4.78, 5) is 3.15. The molecule has 4 heteroatoms. The second-order valence-corrected chi connectivity index (χ2v) is 5.70. The number of benzene rings is 2. The van der Waals surface area contributed by atoms with Crippen molar-refractivity contribution in [2.24, 2.45) is 0 Å². The monoisotopic (exact) mass is 310 g/mol. The van der Waals surface area contributed by atoms with Gasteiger partial charge < -0.3 is 20.1 Å². The Morgan fingerprint density at radius 1 is 1.09 bits per heavy atom. The highest BCUT2D eigenvalue weighted by Gasteiger charge is 2.10. The fraction of sp³-hybridized carbons (Fsp3) is 0.263. The fourth-order valence-electron chi connectivity index (χ4n) is 2.60. The Balaban J connectivity index is 1.50. The third-order valence-electron chi connectivity index (χ3n) is 3.95. The van der Waals surface area contributed by atoms with Gasteiger partial charge in [-0.2, -0.15) is 0 Å². The van der Waals surface area contributed by atoms with Crippen LogP contribution in [0.5, 0.6) is 5.75 Å². The average molecular weight is 310 g/mol. The molecular formula is C19H22N2O2. The van der Waals surface area contributed by atoms with Gasteiger partial charge in [-0.3, -0.25) is 0 Å². The van der Waals surface area contributed by atoms with Gasteiger partial charge in [0, 0.05) is 29.7 Å². The highest BCUT2D eigenvalue weighted by Crippen LogP contribution is 2.24. The zero-order valence-electron chi connectivity index (χ0n) is 13.2. The molecule has 2 atom stereocenters. The number of aromatic nitrogens is 1. The first kappa shape index (κ1) is 15.6. The number of aliphatic hydroxyl groups excluding tert-OH is 1. The van der Waals surface area contributed by atoms with Crippen LogP contribution in [0.15, 0.2) is 60.8 Å². The van der Waals surface area contributed by atoms with Crippen LogP contribution >= 0.6 is 0 Å². The minimum atomic E-state index is -0.560. The topological polar surface area (TPSA) is 57.3 Å². The Kier molecular flexibility index (Phi) is 4.95. The van der Waals surface area contributed by atoms with E-state index < -0.39 is 6.10 Å². The molecule has 0 unspecified atom stereocenters. The minimum Gasteiger partial charge on any atom is -0.490 e. The van der Waals surface area contributed by atoms with Gasteiger partial charge >= 0.3 is 0 Å². The molecule has 3 rings (SSSR count). The Labute approximate surface area is 136 Å². The van der Waals surface area contributed by atoms with Crippen LogP contribution in [0.2, 0.25) is 0 Å². The summed E-state index contributed by atoms with van der Waals surface area (Å²) < 4.78 is 5.77. The van der Waals surface area contributed by atoms with Gasteiger partial charge in [-0.1, -0.05) is 36.4 Å². The molecule has 1 heterocycles. The number of H-pyrrole nitrogens is 1. The Morgan fingerprint density at radius 2 is 1.91 bits per heavy atom. The van der Waals surface area contributed by atoms with Crippen LogP contribution in [0, 0.1) is 0 Å². The Hall–Kier alpha value is -2.30. The van der Waals surface area contributed by atoms with Gasteiger partial charge in [0.15, 0.2) is 0 Å². The summed E-state index contributed by atoms with van der Waals surface area (Å²) in [5, 5.41) is 14.5. The highest BCUT2D eigenvalue weighted by atomic mass is 16.5. The quantitative estimate of drug-likeness (QED) is 0.628. The van der Waals surface area contributed by atoms with Crippen molar-refractivity contribution in [3.63, 3.8) is 0 Å². The van der Waals surface area contributed by atoms with Gasteiger partial charge in [0.1, 0.15) is 18.5 Å². The van der Waals surface area contributed by atoms with Crippen molar-refractivity contribution in [3.05, 3.63) is 66.4 Å². The van der Waals surface area contributed by atoms with Crippen molar-refractivity contribution in [2.75, 3.05) is 13.2 Å².